The van der Waals surface area contributed by atoms with Crippen LogP contribution in [0.15, 0.2) is 24.3 Å². The average molecular weight is 233 g/mol. The summed E-state index contributed by atoms with van der Waals surface area (Å²) in [5, 5.41) is 8.85. The van der Waals surface area contributed by atoms with Crippen LogP contribution in [-0.4, -0.2) is 29.1 Å². The molecule has 0 saturated carbocycles. The molecular formula is C14H19NO2. The molecule has 1 unspecified atom stereocenters. The van der Waals surface area contributed by atoms with Crippen LogP contribution in [-0.2, 0) is 0 Å². The van der Waals surface area contributed by atoms with E-state index in [9.17, 15) is 4.79 Å². The Labute approximate surface area is 102 Å². The van der Waals surface area contributed by atoms with Gasteiger partial charge in [0.05, 0.1) is 5.56 Å². The smallest absolute Gasteiger partial charge is 0.335 e. The van der Waals surface area contributed by atoms with Crippen molar-refractivity contribution in [3.63, 3.8) is 0 Å². The maximum atomic E-state index is 10.8. The van der Waals surface area contributed by atoms with Crippen LogP contribution in [0.2, 0.25) is 0 Å². The van der Waals surface area contributed by atoms with Crippen LogP contribution in [0, 0.1) is 0 Å². The molecule has 3 heteroatoms. The number of piperidine rings is 1. The summed E-state index contributed by atoms with van der Waals surface area (Å²) < 4.78 is 0. The van der Waals surface area contributed by atoms with Gasteiger partial charge in [0, 0.05) is 6.04 Å². The Kier molecular flexibility index (Phi) is 3.79. The summed E-state index contributed by atoms with van der Waals surface area (Å²) in [5.41, 5.74) is 1.57. The summed E-state index contributed by atoms with van der Waals surface area (Å²) in [6.07, 6.45) is 3.89. The SMILES string of the molecule is CC(c1ccc(C(=O)O)cc1)N1CCCCC1. The summed E-state index contributed by atoms with van der Waals surface area (Å²) in [6, 6.07) is 7.64. The van der Waals surface area contributed by atoms with Crippen molar-refractivity contribution in [2.75, 3.05) is 13.1 Å². The summed E-state index contributed by atoms with van der Waals surface area (Å²) in [5.74, 6) is -0.859. The van der Waals surface area contributed by atoms with Crippen LogP contribution in [0.5, 0.6) is 0 Å². The van der Waals surface area contributed by atoms with Crippen molar-refractivity contribution in [1.29, 1.82) is 0 Å². The zero-order valence-electron chi connectivity index (χ0n) is 10.2. The van der Waals surface area contributed by atoms with E-state index in [0.717, 1.165) is 13.1 Å². The number of hydrogen-bond donors (Lipinski definition) is 1. The Hall–Kier alpha value is -1.35. The molecule has 1 aliphatic rings. The molecule has 92 valence electrons. The number of likely N-dealkylation sites (tertiary alicyclic amines) is 1. The number of rotatable bonds is 3. The Bertz CT molecular complexity index is 380. The van der Waals surface area contributed by atoms with Gasteiger partial charge in [0.25, 0.3) is 0 Å². The molecule has 2 rings (SSSR count). The maximum Gasteiger partial charge on any atom is 0.335 e. The minimum Gasteiger partial charge on any atom is -0.478 e. The van der Waals surface area contributed by atoms with Gasteiger partial charge in [-0.1, -0.05) is 18.6 Å². The first-order valence-corrected chi connectivity index (χ1v) is 6.26. The van der Waals surface area contributed by atoms with Gasteiger partial charge in [0.1, 0.15) is 0 Å². The lowest BCUT2D eigenvalue weighted by Gasteiger charge is -2.32. The largest absolute Gasteiger partial charge is 0.478 e. The summed E-state index contributed by atoms with van der Waals surface area (Å²) >= 11 is 0. The quantitative estimate of drug-likeness (QED) is 0.872. The fourth-order valence-electron chi connectivity index (χ4n) is 2.42. The van der Waals surface area contributed by atoms with E-state index in [0.29, 0.717) is 11.6 Å². The molecule has 0 amide bonds. The van der Waals surface area contributed by atoms with Gasteiger partial charge in [0.15, 0.2) is 0 Å². The van der Waals surface area contributed by atoms with Crippen molar-refractivity contribution < 1.29 is 9.90 Å². The Balaban J connectivity index is 2.07. The number of nitrogens with zero attached hydrogens (tertiary/aromatic N) is 1. The number of benzene rings is 1. The molecule has 0 aliphatic carbocycles. The van der Waals surface area contributed by atoms with E-state index in [4.69, 9.17) is 5.11 Å². The predicted molar refractivity (Wildman–Crippen MR) is 67.2 cm³/mol. The fourth-order valence-corrected chi connectivity index (χ4v) is 2.42. The molecule has 3 nitrogen and oxygen atoms in total. The monoisotopic (exact) mass is 233 g/mol. The van der Waals surface area contributed by atoms with E-state index in [2.05, 4.69) is 11.8 Å². The van der Waals surface area contributed by atoms with E-state index < -0.39 is 5.97 Å². The minimum atomic E-state index is -0.859. The zero-order chi connectivity index (χ0) is 12.3. The predicted octanol–water partition coefficient (Wildman–Crippen LogP) is 2.93. The van der Waals surface area contributed by atoms with Crippen LogP contribution in [0.4, 0.5) is 0 Å². The highest BCUT2D eigenvalue weighted by molar-refractivity contribution is 5.87. The molecule has 0 aromatic heterocycles. The summed E-state index contributed by atoms with van der Waals surface area (Å²) in [4.78, 5) is 13.2. The van der Waals surface area contributed by atoms with Gasteiger partial charge in [-0.2, -0.15) is 0 Å². The second-order valence-corrected chi connectivity index (χ2v) is 4.70. The lowest BCUT2D eigenvalue weighted by molar-refractivity contribution is 0.0697. The molecule has 0 radical (unpaired) electrons. The first-order chi connectivity index (χ1) is 8.18. The average Bonchev–Trinajstić information content (AvgIpc) is 2.39. The second-order valence-electron chi connectivity index (χ2n) is 4.70. The van der Waals surface area contributed by atoms with Gasteiger partial charge in [0.2, 0.25) is 0 Å². The molecule has 1 fully saturated rings. The molecule has 0 bridgehead atoms. The van der Waals surface area contributed by atoms with Crippen molar-refractivity contribution in [1.82, 2.24) is 4.90 Å². The van der Waals surface area contributed by atoms with E-state index in [1.165, 1.54) is 24.8 Å². The van der Waals surface area contributed by atoms with Crippen molar-refractivity contribution in [3.8, 4) is 0 Å². The van der Waals surface area contributed by atoms with E-state index >= 15 is 0 Å². The third-order valence-corrected chi connectivity index (χ3v) is 3.58. The second kappa shape index (κ2) is 5.32. The zero-order valence-corrected chi connectivity index (χ0v) is 10.2. The Morgan fingerprint density at radius 1 is 1.18 bits per heavy atom. The fraction of sp³-hybridized carbons (Fsp3) is 0.500. The van der Waals surface area contributed by atoms with Gasteiger partial charge >= 0.3 is 5.97 Å². The van der Waals surface area contributed by atoms with Gasteiger partial charge < -0.3 is 5.11 Å². The maximum absolute atomic E-state index is 10.8. The van der Waals surface area contributed by atoms with Crippen molar-refractivity contribution >= 4 is 5.97 Å². The number of carboxylic acid groups (broad SMARTS) is 1. The standard InChI is InChI=1S/C14H19NO2/c1-11(15-9-3-2-4-10-15)12-5-7-13(8-6-12)14(16)17/h5-8,11H,2-4,9-10H2,1H3,(H,16,17). The van der Waals surface area contributed by atoms with Crippen LogP contribution in [0.25, 0.3) is 0 Å². The lowest BCUT2D eigenvalue weighted by Crippen LogP contribution is -2.32. The highest BCUT2D eigenvalue weighted by Gasteiger charge is 2.18. The molecule has 0 spiro atoms. The molecular weight excluding hydrogens is 214 g/mol. The minimum absolute atomic E-state index is 0.361. The number of aromatic carboxylic acids is 1. The molecule has 17 heavy (non-hydrogen) atoms. The topological polar surface area (TPSA) is 40.5 Å². The molecule has 1 aromatic rings. The van der Waals surface area contributed by atoms with E-state index in [-0.39, 0.29) is 0 Å². The molecule has 1 atom stereocenters. The van der Waals surface area contributed by atoms with Crippen LogP contribution < -0.4 is 0 Å². The molecule has 1 aromatic carbocycles. The molecule has 1 heterocycles. The number of carbonyl (C=O) groups is 1. The van der Waals surface area contributed by atoms with Crippen molar-refractivity contribution in [2.24, 2.45) is 0 Å². The molecule has 1 saturated heterocycles. The first kappa shape index (κ1) is 12.1. The summed E-state index contributed by atoms with van der Waals surface area (Å²) in [6.45, 7) is 4.50. The normalized spacial score (nSPS) is 18.9. The van der Waals surface area contributed by atoms with Crippen LogP contribution in [0.3, 0.4) is 0 Å². The van der Waals surface area contributed by atoms with Gasteiger partial charge in [-0.3, -0.25) is 4.90 Å². The summed E-state index contributed by atoms with van der Waals surface area (Å²) in [7, 11) is 0. The third kappa shape index (κ3) is 2.86. The third-order valence-electron chi connectivity index (χ3n) is 3.58. The van der Waals surface area contributed by atoms with E-state index in [1.54, 1.807) is 12.1 Å². The Morgan fingerprint density at radius 2 is 1.76 bits per heavy atom. The van der Waals surface area contributed by atoms with Crippen molar-refractivity contribution in [3.05, 3.63) is 35.4 Å². The lowest BCUT2D eigenvalue weighted by atomic mass is 10.0. The number of carboxylic acids is 1. The van der Waals surface area contributed by atoms with Gasteiger partial charge in [-0.15, -0.1) is 0 Å². The highest BCUT2D eigenvalue weighted by atomic mass is 16.4. The Morgan fingerprint density at radius 3 is 2.29 bits per heavy atom. The molecule has 1 aliphatic heterocycles. The molecule has 1 N–H and O–H groups in total. The van der Waals surface area contributed by atoms with Crippen LogP contribution in [0.1, 0.15) is 48.1 Å². The van der Waals surface area contributed by atoms with E-state index in [1.807, 2.05) is 12.1 Å². The van der Waals surface area contributed by atoms with Crippen LogP contribution >= 0.6 is 0 Å². The highest BCUT2D eigenvalue weighted by Crippen LogP contribution is 2.24. The van der Waals surface area contributed by atoms with Gasteiger partial charge in [-0.05, 0) is 50.6 Å². The van der Waals surface area contributed by atoms with Gasteiger partial charge in [-0.25, -0.2) is 4.79 Å². The first-order valence-electron chi connectivity index (χ1n) is 6.26. The van der Waals surface area contributed by atoms with Crippen molar-refractivity contribution in [2.45, 2.75) is 32.2 Å². The number of hydrogen-bond acceptors (Lipinski definition) is 2.